The second kappa shape index (κ2) is 8.04. The monoisotopic (exact) mass is 228 g/mol. The van der Waals surface area contributed by atoms with E-state index in [0.29, 0.717) is 12.1 Å². The SMILES string of the molecule is CCOC1CCCN(C(C)CCCNC)C1. The summed E-state index contributed by atoms with van der Waals surface area (Å²) in [5.41, 5.74) is 0. The summed E-state index contributed by atoms with van der Waals surface area (Å²) < 4.78 is 5.73. The second-order valence-electron chi connectivity index (χ2n) is 4.81. The van der Waals surface area contributed by atoms with Crippen molar-refractivity contribution in [1.82, 2.24) is 10.2 Å². The fraction of sp³-hybridized carbons (Fsp3) is 1.00. The third-order valence-corrected chi connectivity index (χ3v) is 3.48. The third-order valence-electron chi connectivity index (χ3n) is 3.48. The van der Waals surface area contributed by atoms with Crippen LogP contribution < -0.4 is 5.32 Å². The summed E-state index contributed by atoms with van der Waals surface area (Å²) in [6.45, 7) is 8.82. The summed E-state index contributed by atoms with van der Waals surface area (Å²) in [5.74, 6) is 0. The van der Waals surface area contributed by atoms with Crippen LogP contribution in [0.5, 0.6) is 0 Å². The number of nitrogens with one attached hydrogen (secondary N) is 1. The van der Waals surface area contributed by atoms with E-state index >= 15 is 0 Å². The van der Waals surface area contributed by atoms with Gasteiger partial charge >= 0.3 is 0 Å². The highest BCUT2D eigenvalue weighted by molar-refractivity contribution is 4.77. The Morgan fingerprint density at radius 2 is 2.31 bits per heavy atom. The number of likely N-dealkylation sites (tertiary alicyclic amines) is 1. The lowest BCUT2D eigenvalue weighted by molar-refractivity contribution is -0.00619. The summed E-state index contributed by atoms with van der Waals surface area (Å²) >= 11 is 0. The number of ether oxygens (including phenoxy) is 1. The maximum absolute atomic E-state index is 5.73. The molecule has 0 aromatic heterocycles. The highest BCUT2D eigenvalue weighted by Gasteiger charge is 2.23. The molecule has 3 heteroatoms. The van der Waals surface area contributed by atoms with Crippen molar-refractivity contribution >= 4 is 0 Å². The predicted octanol–water partition coefficient (Wildman–Crippen LogP) is 1.88. The van der Waals surface area contributed by atoms with Gasteiger partial charge in [-0.3, -0.25) is 4.90 Å². The first-order valence-electron chi connectivity index (χ1n) is 6.78. The summed E-state index contributed by atoms with van der Waals surface area (Å²) in [4.78, 5) is 2.60. The fourth-order valence-electron chi connectivity index (χ4n) is 2.50. The summed E-state index contributed by atoms with van der Waals surface area (Å²) in [6, 6.07) is 0.705. The van der Waals surface area contributed by atoms with Crippen molar-refractivity contribution in [2.45, 2.75) is 51.7 Å². The maximum atomic E-state index is 5.73. The van der Waals surface area contributed by atoms with Crippen molar-refractivity contribution in [2.24, 2.45) is 0 Å². The first-order valence-corrected chi connectivity index (χ1v) is 6.78. The van der Waals surface area contributed by atoms with Gasteiger partial charge in [0.1, 0.15) is 0 Å². The first-order chi connectivity index (χ1) is 7.77. The molecule has 2 atom stereocenters. The van der Waals surface area contributed by atoms with Crippen LogP contribution in [0.15, 0.2) is 0 Å². The molecular weight excluding hydrogens is 200 g/mol. The third kappa shape index (κ3) is 4.81. The molecule has 0 bridgehead atoms. The smallest absolute Gasteiger partial charge is 0.0702 e. The van der Waals surface area contributed by atoms with Gasteiger partial charge < -0.3 is 10.1 Å². The minimum Gasteiger partial charge on any atom is -0.377 e. The van der Waals surface area contributed by atoms with Crippen LogP contribution in [-0.2, 0) is 4.74 Å². The number of nitrogens with zero attached hydrogens (tertiary/aromatic N) is 1. The minimum absolute atomic E-state index is 0.477. The Kier molecular flexibility index (Phi) is 7.01. The maximum Gasteiger partial charge on any atom is 0.0702 e. The van der Waals surface area contributed by atoms with Crippen molar-refractivity contribution in [3.05, 3.63) is 0 Å². The number of hydrogen-bond acceptors (Lipinski definition) is 3. The van der Waals surface area contributed by atoms with Crippen LogP contribution in [-0.4, -0.2) is 50.3 Å². The van der Waals surface area contributed by atoms with Gasteiger partial charge in [-0.05, 0) is 59.7 Å². The molecule has 16 heavy (non-hydrogen) atoms. The molecule has 1 heterocycles. The van der Waals surface area contributed by atoms with Crippen LogP contribution in [0.25, 0.3) is 0 Å². The fourth-order valence-corrected chi connectivity index (χ4v) is 2.50. The zero-order valence-electron chi connectivity index (χ0n) is 11.2. The predicted molar refractivity (Wildman–Crippen MR) is 68.8 cm³/mol. The van der Waals surface area contributed by atoms with Gasteiger partial charge in [-0.25, -0.2) is 0 Å². The Labute approximate surface area is 101 Å². The van der Waals surface area contributed by atoms with Crippen LogP contribution in [0.3, 0.4) is 0 Å². The van der Waals surface area contributed by atoms with Crippen LogP contribution >= 0.6 is 0 Å². The highest BCUT2D eigenvalue weighted by Crippen LogP contribution is 2.17. The molecule has 1 aliphatic rings. The molecule has 2 unspecified atom stereocenters. The molecule has 0 aromatic carbocycles. The van der Waals surface area contributed by atoms with E-state index in [-0.39, 0.29) is 0 Å². The van der Waals surface area contributed by atoms with Gasteiger partial charge in [-0.15, -0.1) is 0 Å². The van der Waals surface area contributed by atoms with Gasteiger partial charge in [0.25, 0.3) is 0 Å². The normalized spacial score (nSPS) is 24.6. The molecule has 1 rings (SSSR count). The lowest BCUT2D eigenvalue weighted by Crippen LogP contribution is -2.44. The quantitative estimate of drug-likeness (QED) is 0.673. The average Bonchev–Trinajstić information content (AvgIpc) is 2.30. The molecule has 0 amide bonds. The minimum atomic E-state index is 0.477. The molecule has 0 radical (unpaired) electrons. The molecular formula is C13H28N2O. The lowest BCUT2D eigenvalue weighted by Gasteiger charge is -2.36. The Hall–Kier alpha value is -0.120. The summed E-state index contributed by atoms with van der Waals surface area (Å²) in [6.07, 6.45) is 5.58. The van der Waals surface area contributed by atoms with Crippen molar-refractivity contribution < 1.29 is 4.74 Å². The number of piperidine rings is 1. The lowest BCUT2D eigenvalue weighted by atomic mass is 10.0. The Morgan fingerprint density at radius 1 is 1.50 bits per heavy atom. The zero-order valence-corrected chi connectivity index (χ0v) is 11.2. The molecule has 3 nitrogen and oxygen atoms in total. The Morgan fingerprint density at radius 3 is 3.00 bits per heavy atom. The van der Waals surface area contributed by atoms with E-state index in [1.165, 1.54) is 32.2 Å². The molecule has 0 saturated carbocycles. The van der Waals surface area contributed by atoms with Crippen LogP contribution in [0.2, 0.25) is 0 Å². The van der Waals surface area contributed by atoms with Gasteiger partial charge in [0.2, 0.25) is 0 Å². The summed E-state index contributed by atoms with van der Waals surface area (Å²) in [5, 5.41) is 3.21. The molecule has 0 spiro atoms. The van der Waals surface area contributed by atoms with Crippen LogP contribution in [0, 0.1) is 0 Å². The van der Waals surface area contributed by atoms with Gasteiger partial charge in [-0.2, -0.15) is 0 Å². The van der Waals surface area contributed by atoms with Gasteiger partial charge in [-0.1, -0.05) is 0 Å². The molecule has 0 aliphatic carbocycles. The van der Waals surface area contributed by atoms with Gasteiger partial charge in [0, 0.05) is 19.2 Å². The van der Waals surface area contributed by atoms with Crippen molar-refractivity contribution in [3.8, 4) is 0 Å². The van der Waals surface area contributed by atoms with Crippen molar-refractivity contribution in [3.63, 3.8) is 0 Å². The molecule has 1 aliphatic heterocycles. The number of rotatable bonds is 7. The zero-order chi connectivity index (χ0) is 11.8. The van der Waals surface area contributed by atoms with E-state index in [4.69, 9.17) is 4.74 Å². The second-order valence-corrected chi connectivity index (χ2v) is 4.81. The average molecular weight is 228 g/mol. The molecule has 1 saturated heterocycles. The van der Waals surface area contributed by atoms with E-state index < -0.39 is 0 Å². The highest BCUT2D eigenvalue weighted by atomic mass is 16.5. The van der Waals surface area contributed by atoms with E-state index in [0.717, 1.165) is 19.7 Å². The van der Waals surface area contributed by atoms with Crippen molar-refractivity contribution in [1.29, 1.82) is 0 Å². The number of hydrogen-bond donors (Lipinski definition) is 1. The summed E-state index contributed by atoms with van der Waals surface area (Å²) in [7, 11) is 2.02. The molecule has 1 fully saturated rings. The standard InChI is InChI=1S/C13H28N2O/c1-4-16-13-8-6-10-15(11-13)12(2)7-5-9-14-3/h12-14H,4-11H2,1-3H3. The van der Waals surface area contributed by atoms with Crippen LogP contribution in [0.4, 0.5) is 0 Å². The van der Waals surface area contributed by atoms with Gasteiger partial charge in [0.15, 0.2) is 0 Å². The first kappa shape index (κ1) is 13.9. The largest absolute Gasteiger partial charge is 0.377 e. The van der Waals surface area contributed by atoms with Crippen LogP contribution in [0.1, 0.15) is 39.5 Å². The van der Waals surface area contributed by atoms with Crippen molar-refractivity contribution in [2.75, 3.05) is 33.3 Å². The Balaban J connectivity index is 2.23. The Bertz CT molecular complexity index is 173. The topological polar surface area (TPSA) is 24.5 Å². The van der Waals surface area contributed by atoms with E-state index in [2.05, 4.69) is 24.1 Å². The van der Waals surface area contributed by atoms with Gasteiger partial charge in [0.05, 0.1) is 6.10 Å². The van der Waals surface area contributed by atoms with E-state index in [1.807, 2.05) is 7.05 Å². The molecule has 0 aromatic rings. The van der Waals surface area contributed by atoms with E-state index in [1.54, 1.807) is 0 Å². The molecule has 96 valence electrons. The molecule has 1 N–H and O–H groups in total. The van der Waals surface area contributed by atoms with E-state index in [9.17, 15) is 0 Å².